The molecule has 0 aliphatic carbocycles. The summed E-state index contributed by atoms with van der Waals surface area (Å²) in [5.41, 5.74) is -0.931. The average Bonchev–Trinajstić information content (AvgIpc) is 3.15. The van der Waals surface area contributed by atoms with Crippen molar-refractivity contribution in [1.82, 2.24) is 19.9 Å². The maximum Gasteiger partial charge on any atom is 0.404 e. The van der Waals surface area contributed by atoms with Gasteiger partial charge in [0.05, 0.1) is 32.6 Å². The van der Waals surface area contributed by atoms with Gasteiger partial charge in [0.1, 0.15) is 10.9 Å². The van der Waals surface area contributed by atoms with Crippen molar-refractivity contribution in [2.75, 3.05) is 20.6 Å². The maximum atomic E-state index is 12.9. The largest absolute Gasteiger partial charge is 0.404 e. The van der Waals surface area contributed by atoms with Gasteiger partial charge in [-0.2, -0.15) is 17.9 Å². The Bertz CT molecular complexity index is 1290. The molecule has 2 aromatic rings. The molecular formula is C21H25Cl2F3N4O5S2. The first-order valence-corrected chi connectivity index (χ1v) is 13.6. The second kappa shape index (κ2) is 11.4. The molecular weight excluding hydrogens is 580 g/mol. The van der Waals surface area contributed by atoms with Gasteiger partial charge in [-0.05, 0) is 26.8 Å². The standard InChI is InChI=1S/C21H25Cl2F3N4O5S2/c1-10(21(24,25)26)29-37(34,35)13-7-6-11(15(22)16(13)23)17-12(8-14(31)30(4)5)28-19(36-17)18(32)27-9-20(2,3)33/h6-7,10,29,33H,8-9H2,1-5H3,(H,27,32)/t10-/m0/s1. The smallest absolute Gasteiger partial charge is 0.389 e. The molecule has 0 fully saturated rings. The molecule has 1 heterocycles. The van der Waals surface area contributed by atoms with Crippen molar-refractivity contribution in [3.63, 3.8) is 0 Å². The molecule has 0 bridgehead atoms. The molecule has 0 radical (unpaired) electrons. The van der Waals surface area contributed by atoms with E-state index in [9.17, 15) is 36.3 Å². The Morgan fingerprint density at radius 1 is 1.19 bits per heavy atom. The summed E-state index contributed by atoms with van der Waals surface area (Å²) >= 11 is 13.4. The summed E-state index contributed by atoms with van der Waals surface area (Å²) in [5.74, 6) is -0.995. The number of sulfonamides is 1. The van der Waals surface area contributed by atoms with Crippen LogP contribution in [-0.4, -0.2) is 73.7 Å². The summed E-state index contributed by atoms with van der Waals surface area (Å²) in [7, 11) is -1.68. The lowest BCUT2D eigenvalue weighted by Gasteiger charge is -2.18. The molecule has 0 aliphatic heterocycles. The number of rotatable bonds is 9. The van der Waals surface area contributed by atoms with Gasteiger partial charge in [-0.15, -0.1) is 11.3 Å². The third-order valence-electron chi connectivity index (χ3n) is 4.79. The quantitative estimate of drug-likeness (QED) is 0.402. The van der Waals surface area contributed by atoms with E-state index in [4.69, 9.17) is 23.2 Å². The highest BCUT2D eigenvalue weighted by atomic mass is 35.5. The van der Waals surface area contributed by atoms with Gasteiger partial charge in [0.15, 0.2) is 5.01 Å². The Kier molecular flexibility index (Phi) is 9.64. The van der Waals surface area contributed by atoms with Crippen LogP contribution in [0.1, 0.15) is 36.3 Å². The molecule has 0 saturated heterocycles. The molecule has 0 spiro atoms. The van der Waals surface area contributed by atoms with Crippen LogP contribution in [0.15, 0.2) is 17.0 Å². The predicted molar refractivity (Wildman–Crippen MR) is 134 cm³/mol. The molecule has 2 rings (SSSR count). The zero-order valence-corrected chi connectivity index (χ0v) is 23.5. The molecule has 37 heavy (non-hydrogen) atoms. The van der Waals surface area contributed by atoms with Crippen LogP contribution >= 0.6 is 34.5 Å². The summed E-state index contributed by atoms with van der Waals surface area (Å²) < 4.78 is 65.3. The summed E-state index contributed by atoms with van der Waals surface area (Å²) in [5, 5.41) is 11.4. The highest BCUT2D eigenvalue weighted by Gasteiger charge is 2.39. The number of alkyl halides is 3. The average molecular weight is 605 g/mol. The van der Waals surface area contributed by atoms with Gasteiger partial charge in [0.25, 0.3) is 5.91 Å². The monoisotopic (exact) mass is 604 g/mol. The summed E-state index contributed by atoms with van der Waals surface area (Å²) in [6.45, 7) is 3.53. The molecule has 1 atom stereocenters. The van der Waals surface area contributed by atoms with Gasteiger partial charge in [-0.3, -0.25) is 9.59 Å². The van der Waals surface area contributed by atoms with Crippen molar-refractivity contribution < 1.29 is 36.3 Å². The van der Waals surface area contributed by atoms with Crippen molar-refractivity contribution in [2.45, 2.75) is 49.9 Å². The van der Waals surface area contributed by atoms with E-state index in [-0.39, 0.29) is 45.0 Å². The Morgan fingerprint density at radius 3 is 2.30 bits per heavy atom. The van der Waals surface area contributed by atoms with Crippen LogP contribution in [0.4, 0.5) is 13.2 Å². The molecule has 0 unspecified atom stereocenters. The second-order valence-electron chi connectivity index (χ2n) is 8.88. The van der Waals surface area contributed by atoms with Crippen molar-refractivity contribution in [3.05, 3.63) is 32.9 Å². The summed E-state index contributed by atoms with van der Waals surface area (Å²) in [6, 6.07) is -0.209. The topological polar surface area (TPSA) is 129 Å². The third-order valence-corrected chi connectivity index (χ3v) is 8.50. The van der Waals surface area contributed by atoms with Crippen LogP contribution in [0, 0.1) is 0 Å². The number of aliphatic hydroxyl groups is 1. The fourth-order valence-corrected chi connectivity index (χ4v) is 5.91. The minimum absolute atomic E-state index is 0.0645. The van der Waals surface area contributed by atoms with Crippen LogP contribution in [-0.2, 0) is 21.2 Å². The number of aromatic nitrogens is 1. The molecule has 206 valence electrons. The van der Waals surface area contributed by atoms with Crippen LogP contribution in [0.25, 0.3) is 10.4 Å². The third kappa shape index (κ3) is 8.01. The van der Waals surface area contributed by atoms with Crippen LogP contribution in [0.3, 0.4) is 0 Å². The van der Waals surface area contributed by atoms with Gasteiger partial charge < -0.3 is 15.3 Å². The number of nitrogens with one attached hydrogen (secondary N) is 2. The molecule has 3 N–H and O–H groups in total. The lowest BCUT2D eigenvalue weighted by atomic mass is 10.1. The van der Waals surface area contributed by atoms with Crippen LogP contribution in [0.5, 0.6) is 0 Å². The Balaban J connectivity index is 2.56. The van der Waals surface area contributed by atoms with Crippen molar-refractivity contribution >= 4 is 56.4 Å². The van der Waals surface area contributed by atoms with E-state index in [1.54, 1.807) is 0 Å². The van der Waals surface area contributed by atoms with Crippen molar-refractivity contribution in [1.29, 1.82) is 0 Å². The first kappa shape index (κ1) is 31.2. The number of carbonyl (C=O) groups is 2. The Labute approximate surface area is 226 Å². The van der Waals surface area contributed by atoms with E-state index in [2.05, 4.69) is 10.3 Å². The van der Waals surface area contributed by atoms with Gasteiger partial charge in [-0.1, -0.05) is 29.3 Å². The minimum atomic E-state index is -4.83. The van der Waals surface area contributed by atoms with Gasteiger partial charge in [0, 0.05) is 26.2 Å². The summed E-state index contributed by atoms with van der Waals surface area (Å²) in [6.07, 6.45) is -5.07. The molecule has 0 saturated carbocycles. The van der Waals surface area contributed by atoms with E-state index < -0.39 is 43.7 Å². The Morgan fingerprint density at radius 2 is 1.78 bits per heavy atom. The van der Waals surface area contributed by atoms with E-state index in [1.165, 1.54) is 43.6 Å². The molecule has 1 aromatic carbocycles. The number of hydrogen-bond donors (Lipinski definition) is 3. The first-order chi connectivity index (χ1) is 16.7. The number of benzene rings is 1. The predicted octanol–water partition coefficient (Wildman–Crippen LogP) is 3.48. The highest BCUT2D eigenvalue weighted by molar-refractivity contribution is 7.89. The molecule has 16 heteroatoms. The molecule has 0 aliphatic rings. The van der Waals surface area contributed by atoms with E-state index in [0.717, 1.165) is 17.4 Å². The van der Waals surface area contributed by atoms with Gasteiger partial charge in [-0.25, -0.2) is 13.4 Å². The van der Waals surface area contributed by atoms with Crippen LogP contribution in [0.2, 0.25) is 10.0 Å². The van der Waals surface area contributed by atoms with Crippen molar-refractivity contribution in [3.8, 4) is 10.4 Å². The van der Waals surface area contributed by atoms with Gasteiger partial charge >= 0.3 is 6.18 Å². The fourth-order valence-electron chi connectivity index (χ4n) is 2.73. The number of nitrogens with zero attached hydrogens (tertiary/aromatic N) is 2. The highest BCUT2D eigenvalue weighted by Crippen LogP contribution is 2.41. The number of likely N-dealkylation sites (N-methyl/N-ethyl adjacent to an activating group) is 1. The number of amides is 2. The lowest BCUT2D eigenvalue weighted by molar-refractivity contribution is -0.147. The second-order valence-corrected chi connectivity index (χ2v) is 12.3. The molecule has 2 amide bonds. The zero-order chi connectivity index (χ0) is 28.5. The fraction of sp³-hybridized carbons (Fsp3) is 0.476. The Hall–Kier alpha value is -1.97. The number of thiazole rings is 1. The summed E-state index contributed by atoms with van der Waals surface area (Å²) in [4.78, 5) is 30.1. The normalized spacial score (nSPS) is 13.4. The van der Waals surface area contributed by atoms with E-state index in [1.807, 2.05) is 0 Å². The van der Waals surface area contributed by atoms with Gasteiger partial charge in [0.2, 0.25) is 15.9 Å². The molecule has 9 nitrogen and oxygen atoms in total. The number of carbonyl (C=O) groups excluding carboxylic acids is 2. The lowest BCUT2D eigenvalue weighted by Crippen LogP contribution is -2.43. The van der Waals surface area contributed by atoms with E-state index >= 15 is 0 Å². The van der Waals surface area contributed by atoms with E-state index in [0.29, 0.717) is 6.92 Å². The zero-order valence-electron chi connectivity index (χ0n) is 20.3. The number of halogens is 5. The first-order valence-electron chi connectivity index (χ1n) is 10.5. The van der Waals surface area contributed by atoms with Crippen molar-refractivity contribution in [2.24, 2.45) is 0 Å². The van der Waals surface area contributed by atoms with Crippen LogP contribution < -0.4 is 10.0 Å². The SMILES string of the molecule is C[C@H](NS(=O)(=O)c1ccc(-c2sc(C(=O)NCC(C)(C)O)nc2CC(=O)N(C)C)c(Cl)c1Cl)C(F)(F)F. The number of hydrogen-bond acceptors (Lipinski definition) is 7. The molecule has 1 aromatic heterocycles. The minimum Gasteiger partial charge on any atom is -0.389 e. The maximum absolute atomic E-state index is 12.9.